The summed E-state index contributed by atoms with van der Waals surface area (Å²) in [5, 5.41) is 1.10. The van der Waals surface area contributed by atoms with Crippen LogP contribution in [0.3, 0.4) is 0 Å². The molecule has 4 heteroatoms. The van der Waals surface area contributed by atoms with E-state index in [1.165, 1.54) is 32.1 Å². The maximum Gasteiger partial charge on any atom is 0.186 e. The summed E-state index contributed by atoms with van der Waals surface area (Å²) in [4.78, 5) is 20.1. The molecule has 1 unspecified atom stereocenters. The highest BCUT2D eigenvalue weighted by atomic mass is 32.1. The SMILES string of the molecule is CCCC1CCCN(c2nc3c(s2)C(=O)CCC3)CC1. The first-order valence-electron chi connectivity index (χ1n) is 8.05. The predicted octanol–water partition coefficient (Wildman–Crippen LogP) is 4.07. The van der Waals surface area contributed by atoms with E-state index in [1.54, 1.807) is 11.3 Å². The molecule has 0 radical (unpaired) electrons. The maximum absolute atomic E-state index is 11.9. The zero-order valence-corrected chi connectivity index (χ0v) is 13.2. The number of ketones is 1. The van der Waals surface area contributed by atoms with Crippen LogP contribution < -0.4 is 4.90 Å². The summed E-state index contributed by atoms with van der Waals surface area (Å²) in [6, 6.07) is 0. The Morgan fingerprint density at radius 2 is 2.15 bits per heavy atom. The number of carbonyl (C=O) groups is 1. The van der Waals surface area contributed by atoms with Gasteiger partial charge in [-0.25, -0.2) is 4.98 Å². The monoisotopic (exact) mass is 292 g/mol. The third-order valence-electron chi connectivity index (χ3n) is 4.57. The summed E-state index contributed by atoms with van der Waals surface area (Å²) in [5.41, 5.74) is 1.07. The molecule has 0 N–H and O–H groups in total. The minimum Gasteiger partial charge on any atom is -0.348 e. The number of aromatic nitrogens is 1. The Balaban J connectivity index is 1.71. The number of fused-ring (bicyclic) bond motifs is 1. The summed E-state index contributed by atoms with van der Waals surface area (Å²) in [5.74, 6) is 1.20. The summed E-state index contributed by atoms with van der Waals surface area (Å²) >= 11 is 1.64. The van der Waals surface area contributed by atoms with E-state index in [0.29, 0.717) is 12.2 Å². The van der Waals surface area contributed by atoms with Gasteiger partial charge in [0.1, 0.15) is 0 Å². The summed E-state index contributed by atoms with van der Waals surface area (Å²) in [7, 11) is 0. The van der Waals surface area contributed by atoms with Crippen LogP contribution in [0.4, 0.5) is 5.13 Å². The van der Waals surface area contributed by atoms with Gasteiger partial charge in [0.25, 0.3) is 0 Å². The van der Waals surface area contributed by atoms with E-state index >= 15 is 0 Å². The first-order valence-corrected chi connectivity index (χ1v) is 8.87. The van der Waals surface area contributed by atoms with E-state index in [4.69, 9.17) is 4.98 Å². The van der Waals surface area contributed by atoms with Gasteiger partial charge < -0.3 is 4.90 Å². The molecule has 0 aromatic carbocycles. The van der Waals surface area contributed by atoms with Gasteiger partial charge in [0.2, 0.25) is 0 Å². The van der Waals surface area contributed by atoms with Crippen LogP contribution in [0.1, 0.15) is 67.2 Å². The fourth-order valence-corrected chi connectivity index (χ4v) is 4.58. The number of nitrogens with zero attached hydrogens (tertiary/aromatic N) is 2. The first kappa shape index (κ1) is 14.1. The van der Waals surface area contributed by atoms with Gasteiger partial charge in [0, 0.05) is 19.5 Å². The van der Waals surface area contributed by atoms with E-state index in [1.807, 2.05) is 0 Å². The third kappa shape index (κ3) is 2.90. The van der Waals surface area contributed by atoms with E-state index in [0.717, 1.165) is 47.6 Å². The molecule has 3 rings (SSSR count). The van der Waals surface area contributed by atoms with Crippen molar-refractivity contribution in [2.75, 3.05) is 18.0 Å². The molecule has 2 aliphatic rings. The van der Waals surface area contributed by atoms with Crippen LogP contribution in [-0.4, -0.2) is 23.9 Å². The molecule has 1 saturated heterocycles. The van der Waals surface area contributed by atoms with Gasteiger partial charge in [-0.05, 0) is 38.0 Å². The normalized spacial score (nSPS) is 23.6. The lowest BCUT2D eigenvalue weighted by Gasteiger charge is -2.19. The number of Topliss-reactive ketones (excluding diaryl/α,β-unsaturated/α-hetero) is 1. The van der Waals surface area contributed by atoms with Crippen LogP contribution in [-0.2, 0) is 6.42 Å². The standard InChI is InChI=1S/C16H24N2OS/c1-2-5-12-6-4-10-18(11-9-12)16-17-13-7-3-8-14(19)15(13)20-16/h12H,2-11H2,1H3. The van der Waals surface area contributed by atoms with E-state index < -0.39 is 0 Å². The number of hydrogen-bond donors (Lipinski definition) is 0. The Labute approximate surface area is 125 Å². The Morgan fingerprint density at radius 3 is 2.95 bits per heavy atom. The molecule has 1 aliphatic carbocycles. The van der Waals surface area contributed by atoms with Crippen molar-refractivity contribution in [2.24, 2.45) is 5.92 Å². The molecule has 0 spiro atoms. The minimum atomic E-state index is 0.314. The number of thiazole rings is 1. The topological polar surface area (TPSA) is 33.2 Å². The van der Waals surface area contributed by atoms with Gasteiger partial charge in [0.05, 0.1) is 10.6 Å². The van der Waals surface area contributed by atoms with Crippen molar-refractivity contribution in [3.05, 3.63) is 10.6 Å². The van der Waals surface area contributed by atoms with Crippen LogP contribution in [0, 0.1) is 5.92 Å². The lowest BCUT2D eigenvalue weighted by atomic mass is 9.96. The van der Waals surface area contributed by atoms with Gasteiger partial charge in [-0.1, -0.05) is 31.1 Å². The molecule has 1 aromatic heterocycles. The second-order valence-electron chi connectivity index (χ2n) is 6.12. The first-order chi connectivity index (χ1) is 9.78. The van der Waals surface area contributed by atoms with Crippen molar-refractivity contribution < 1.29 is 4.79 Å². The van der Waals surface area contributed by atoms with Gasteiger partial charge >= 0.3 is 0 Å². The molecule has 2 heterocycles. The van der Waals surface area contributed by atoms with Crippen LogP contribution in [0.15, 0.2) is 0 Å². The second-order valence-corrected chi connectivity index (χ2v) is 7.10. The van der Waals surface area contributed by atoms with E-state index in [-0.39, 0.29) is 0 Å². The van der Waals surface area contributed by atoms with Crippen LogP contribution >= 0.6 is 11.3 Å². The van der Waals surface area contributed by atoms with E-state index in [9.17, 15) is 4.79 Å². The fourth-order valence-electron chi connectivity index (χ4n) is 3.45. The molecule has 0 amide bonds. The Bertz CT molecular complexity index is 483. The third-order valence-corrected chi connectivity index (χ3v) is 5.77. The molecule has 1 aromatic rings. The van der Waals surface area contributed by atoms with Gasteiger partial charge in [0.15, 0.2) is 10.9 Å². The molecule has 3 nitrogen and oxygen atoms in total. The lowest BCUT2D eigenvalue weighted by molar-refractivity contribution is 0.0976. The quantitative estimate of drug-likeness (QED) is 0.842. The number of carbonyl (C=O) groups excluding carboxylic acids is 1. The molecule has 20 heavy (non-hydrogen) atoms. The fraction of sp³-hybridized carbons (Fsp3) is 0.750. The molecule has 1 atom stereocenters. The van der Waals surface area contributed by atoms with Crippen LogP contribution in [0.25, 0.3) is 0 Å². The Morgan fingerprint density at radius 1 is 1.25 bits per heavy atom. The van der Waals surface area contributed by atoms with E-state index in [2.05, 4.69) is 11.8 Å². The molecule has 110 valence electrons. The Kier molecular flexibility index (Phi) is 4.39. The van der Waals surface area contributed by atoms with Gasteiger partial charge in [-0.15, -0.1) is 0 Å². The highest BCUT2D eigenvalue weighted by Crippen LogP contribution is 2.33. The van der Waals surface area contributed by atoms with Crippen LogP contribution in [0.2, 0.25) is 0 Å². The van der Waals surface area contributed by atoms with Crippen molar-refractivity contribution in [2.45, 2.75) is 58.3 Å². The van der Waals surface area contributed by atoms with Crippen molar-refractivity contribution in [3.8, 4) is 0 Å². The zero-order chi connectivity index (χ0) is 13.9. The molecule has 1 fully saturated rings. The van der Waals surface area contributed by atoms with Crippen molar-refractivity contribution in [3.63, 3.8) is 0 Å². The summed E-state index contributed by atoms with van der Waals surface area (Å²) in [6.07, 6.45) is 9.25. The van der Waals surface area contributed by atoms with Gasteiger partial charge in [-0.2, -0.15) is 0 Å². The smallest absolute Gasteiger partial charge is 0.186 e. The molecular formula is C16H24N2OS. The van der Waals surface area contributed by atoms with Gasteiger partial charge in [-0.3, -0.25) is 4.79 Å². The maximum atomic E-state index is 11.9. The average Bonchev–Trinajstić information content (AvgIpc) is 2.74. The Hall–Kier alpha value is -0.900. The molecule has 0 saturated carbocycles. The molecule has 0 bridgehead atoms. The van der Waals surface area contributed by atoms with Crippen molar-refractivity contribution in [1.82, 2.24) is 4.98 Å². The number of aryl methyl sites for hydroxylation is 1. The highest BCUT2D eigenvalue weighted by molar-refractivity contribution is 7.17. The number of rotatable bonds is 3. The summed E-state index contributed by atoms with van der Waals surface area (Å²) < 4.78 is 0. The minimum absolute atomic E-state index is 0.314. The van der Waals surface area contributed by atoms with Crippen molar-refractivity contribution in [1.29, 1.82) is 0 Å². The zero-order valence-electron chi connectivity index (χ0n) is 12.4. The lowest BCUT2D eigenvalue weighted by Crippen LogP contribution is -2.24. The molecular weight excluding hydrogens is 268 g/mol. The van der Waals surface area contributed by atoms with Crippen molar-refractivity contribution >= 4 is 22.3 Å². The van der Waals surface area contributed by atoms with Crippen LogP contribution in [0.5, 0.6) is 0 Å². The number of hydrogen-bond acceptors (Lipinski definition) is 4. The summed E-state index contributed by atoms with van der Waals surface area (Å²) in [6.45, 7) is 4.51. The number of anilines is 1. The predicted molar refractivity (Wildman–Crippen MR) is 83.8 cm³/mol. The molecule has 1 aliphatic heterocycles. The average molecular weight is 292 g/mol. The highest BCUT2D eigenvalue weighted by Gasteiger charge is 2.25. The largest absolute Gasteiger partial charge is 0.348 e. The second kappa shape index (κ2) is 6.25.